The van der Waals surface area contributed by atoms with E-state index in [0.717, 1.165) is 57.8 Å². The Labute approximate surface area is 363 Å². The van der Waals surface area contributed by atoms with Crippen molar-refractivity contribution in [3.63, 3.8) is 0 Å². The third kappa shape index (κ3) is 41.3. The minimum atomic E-state index is -4.43. The Morgan fingerprint density at radius 1 is 0.627 bits per heavy atom. The van der Waals surface area contributed by atoms with Crippen LogP contribution in [0.5, 0.6) is 0 Å². The highest BCUT2D eigenvalue weighted by molar-refractivity contribution is 7.47. The predicted molar refractivity (Wildman–Crippen MR) is 250 cm³/mol. The van der Waals surface area contributed by atoms with Gasteiger partial charge in [-0.3, -0.25) is 13.8 Å². The lowest BCUT2D eigenvalue weighted by atomic mass is 10.0. The van der Waals surface area contributed by atoms with Gasteiger partial charge in [-0.1, -0.05) is 151 Å². The van der Waals surface area contributed by atoms with Crippen molar-refractivity contribution in [1.82, 2.24) is 5.32 Å². The highest BCUT2D eigenvalue weighted by Gasteiger charge is 2.31. The number of amides is 1. The molecule has 0 aliphatic carbocycles. The quantitative estimate of drug-likeness (QED) is 0.0209. The van der Waals surface area contributed by atoms with E-state index in [4.69, 9.17) is 9.05 Å². The largest absolute Gasteiger partial charge is 0.472 e. The van der Waals surface area contributed by atoms with Gasteiger partial charge in [-0.05, 0) is 90.4 Å². The fraction of sp³-hybridized carbons (Fsp3) is 0.776. The molecule has 0 aliphatic rings. The van der Waals surface area contributed by atoms with Crippen LogP contribution in [0.2, 0.25) is 0 Å². The second-order valence-electron chi connectivity index (χ2n) is 17.3. The zero-order valence-corrected chi connectivity index (χ0v) is 39.5. The number of hydrogen-bond donors (Lipinski definition) is 4. The molecule has 0 saturated carbocycles. The van der Waals surface area contributed by atoms with Crippen LogP contribution in [0.25, 0.3) is 0 Å². The maximum Gasteiger partial charge on any atom is 0.472 e. The molecule has 0 radical (unpaired) electrons. The molecule has 10 heteroatoms. The Bertz CT molecular complexity index is 1160. The zero-order chi connectivity index (χ0) is 43.7. The maximum absolute atomic E-state index is 12.9. The van der Waals surface area contributed by atoms with Gasteiger partial charge in [0, 0.05) is 6.42 Å². The smallest absolute Gasteiger partial charge is 0.390 e. The number of phosphoric acid groups is 1. The first kappa shape index (κ1) is 57.2. The summed E-state index contributed by atoms with van der Waals surface area (Å²) in [5.74, 6) is -0.279. The van der Waals surface area contributed by atoms with E-state index in [1.54, 1.807) is 0 Å². The molecule has 0 aliphatic heterocycles. The monoisotopic (exact) mass is 852 g/mol. The van der Waals surface area contributed by atoms with Crippen LogP contribution in [-0.4, -0.2) is 84.6 Å². The van der Waals surface area contributed by atoms with Crippen LogP contribution in [0.1, 0.15) is 187 Å². The van der Waals surface area contributed by atoms with Gasteiger partial charge in [0.15, 0.2) is 0 Å². The minimum Gasteiger partial charge on any atom is -0.390 e. The number of rotatable bonds is 42. The Morgan fingerprint density at radius 2 is 1.08 bits per heavy atom. The van der Waals surface area contributed by atoms with Crippen LogP contribution in [0.15, 0.2) is 60.8 Å². The van der Waals surface area contributed by atoms with Crippen LogP contribution >= 0.6 is 7.82 Å². The van der Waals surface area contributed by atoms with Crippen molar-refractivity contribution in [2.75, 3.05) is 40.9 Å². The molecule has 0 heterocycles. The second kappa shape index (κ2) is 40.2. The third-order valence-corrected chi connectivity index (χ3v) is 11.4. The van der Waals surface area contributed by atoms with Gasteiger partial charge < -0.3 is 24.9 Å². The molecular weight excluding hydrogens is 760 g/mol. The number of phosphoric ester groups is 1. The Balaban J connectivity index is 4.40. The molecule has 0 aromatic carbocycles. The molecule has 0 saturated heterocycles. The Hall–Kier alpha value is -1.84. The Kier molecular flexibility index (Phi) is 39.0. The van der Waals surface area contributed by atoms with Crippen LogP contribution in [0.3, 0.4) is 0 Å². The van der Waals surface area contributed by atoms with Gasteiger partial charge in [-0.15, -0.1) is 0 Å². The summed E-state index contributed by atoms with van der Waals surface area (Å²) < 4.78 is 23.5. The first-order chi connectivity index (χ1) is 28.4. The van der Waals surface area contributed by atoms with E-state index in [2.05, 4.69) is 73.0 Å². The highest BCUT2D eigenvalue weighted by Crippen LogP contribution is 2.43. The minimum absolute atomic E-state index is 0.00976. The summed E-state index contributed by atoms with van der Waals surface area (Å²) >= 11 is 0. The summed E-state index contributed by atoms with van der Waals surface area (Å²) in [4.78, 5) is 23.2. The Morgan fingerprint density at radius 3 is 1.61 bits per heavy atom. The second-order valence-corrected chi connectivity index (χ2v) is 18.7. The fourth-order valence-electron chi connectivity index (χ4n) is 6.56. The van der Waals surface area contributed by atoms with Gasteiger partial charge in [-0.2, -0.15) is 0 Å². The van der Waals surface area contributed by atoms with Gasteiger partial charge in [0.2, 0.25) is 5.91 Å². The number of unbranched alkanes of at least 4 members (excludes halogenated alkanes) is 19. The van der Waals surface area contributed by atoms with Crippen molar-refractivity contribution >= 4 is 13.7 Å². The molecule has 0 fully saturated rings. The van der Waals surface area contributed by atoms with E-state index < -0.39 is 32.7 Å². The number of aliphatic hydroxyl groups is 2. The van der Waals surface area contributed by atoms with E-state index in [-0.39, 0.29) is 18.9 Å². The topological polar surface area (TPSA) is 125 Å². The lowest BCUT2D eigenvalue weighted by molar-refractivity contribution is -0.870. The summed E-state index contributed by atoms with van der Waals surface area (Å²) in [6, 6.07) is -1.06. The number of aliphatic hydroxyl groups excluding tert-OH is 2. The first-order valence-electron chi connectivity index (χ1n) is 23.7. The molecule has 0 aromatic heterocycles. The van der Waals surface area contributed by atoms with Crippen molar-refractivity contribution in [3.8, 4) is 0 Å². The summed E-state index contributed by atoms with van der Waals surface area (Å²) in [7, 11) is 1.40. The molecule has 9 nitrogen and oxygen atoms in total. The molecular formula is C49H92N2O7P+. The maximum atomic E-state index is 12.9. The van der Waals surface area contributed by atoms with Gasteiger partial charge in [0.05, 0.1) is 39.9 Å². The normalized spacial score (nSPS) is 15.3. The van der Waals surface area contributed by atoms with E-state index in [0.29, 0.717) is 30.3 Å². The standard InChI is InChI=1S/C49H91N2O7P/c1-6-8-10-12-14-16-18-20-21-22-23-24-25-26-27-28-29-30-32-34-36-38-40-42-48(53)50-46(45-58-59(55,56)57-44-43-51(3,4)5)49(54)47(52)41-39-37-35-33-31-19-17-15-13-11-9-7-2/h7,9,15,17-18,20,22-23,33,35,46-47,49,52,54H,6,8,10-14,16,19,21,24-32,34,36-45H2,1-5H3,(H-,50,53,55,56)/p+1/b9-7+,17-15+,20-18-,23-22-,35-33+. The summed E-state index contributed by atoms with van der Waals surface area (Å²) in [6.45, 7) is 4.34. The van der Waals surface area contributed by atoms with Crippen molar-refractivity contribution in [3.05, 3.63) is 60.8 Å². The number of carbonyl (C=O) groups excluding carboxylic acids is 1. The van der Waals surface area contributed by atoms with Gasteiger partial charge >= 0.3 is 7.82 Å². The molecule has 1 amide bonds. The van der Waals surface area contributed by atoms with Crippen molar-refractivity contribution in [1.29, 1.82) is 0 Å². The summed E-state index contributed by atoms with van der Waals surface area (Å²) in [5.41, 5.74) is 0. The molecule has 0 bridgehead atoms. The van der Waals surface area contributed by atoms with Crippen LogP contribution in [-0.2, 0) is 18.4 Å². The van der Waals surface area contributed by atoms with E-state index in [9.17, 15) is 24.5 Å². The molecule has 0 spiro atoms. The molecule has 344 valence electrons. The van der Waals surface area contributed by atoms with Crippen LogP contribution in [0, 0.1) is 0 Å². The fourth-order valence-corrected chi connectivity index (χ4v) is 7.30. The molecule has 4 N–H and O–H groups in total. The number of carbonyl (C=O) groups is 1. The molecule has 4 unspecified atom stereocenters. The van der Waals surface area contributed by atoms with Crippen LogP contribution < -0.4 is 5.32 Å². The first-order valence-corrected chi connectivity index (χ1v) is 25.2. The number of hydrogen-bond acceptors (Lipinski definition) is 6. The predicted octanol–water partition coefficient (Wildman–Crippen LogP) is 12.4. The SMILES string of the molecule is C/C=C/CC/C=C/CC/C=C/CCCC(O)C(O)C(COP(=O)(O)OCC[N+](C)(C)C)NC(=O)CCCCCCCCCCCCC/C=C\C/C=C\CCCCCCC. The van der Waals surface area contributed by atoms with Gasteiger partial charge in [-0.25, -0.2) is 4.57 Å². The number of allylic oxidation sites excluding steroid dienone is 10. The molecule has 0 rings (SSSR count). The average Bonchev–Trinajstić information content (AvgIpc) is 3.19. The van der Waals surface area contributed by atoms with Crippen molar-refractivity contribution in [2.24, 2.45) is 0 Å². The van der Waals surface area contributed by atoms with E-state index >= 15 is 0 Å². The number of likely N-dealkylation sites (N-methyl/N-ethyl adjacent to an activating group) is 1. The van der Waals surface area contributed by atoms with Crippen LogP contribution in [0.4, 0.5) is 0 Å². The highest BCUT2D eigenvalue weighted by atomic mass is 31.2. The van der Waals surface area contributed by atoms with Gasteiger partial charge in [0.1, 0.15) is 19.3 Å². The molecule has 0 aromatic rings. The lowest BCUT2D eigenvalue weighted by Crippen LogP contribution is -2.51. The number of nitrogens with zero attached hydrogens (tertiary/aromatic N) is 1. The number of nitrogens with one attached hydrogen (secondary N) is 1. The van der Waals surface area contributed by atoms with Gasteiger partial charge in [0.25, 0.3) is 0 Å². The van der Waals surface area contributed by atoms with Crippen molar-refractivity contribution < 1.29 is 38.0 Å². The summed E-state index contributed by atoms with van der Waals surface area (Å²) in [6.07, 6.45) is 48.8. The lowest BCUT2D eigenvalue weighted by Gasteiger charge is -2.28. The average molecular weight is 852 g/mol. The zero-order valence-electron chi connectivity index (χ0n) is 38.6. The van der Waals surface area contributed by atoms with E-state index in [1.807, 2.05) is 28.1 Å². The molecule has 59 heavy (non-hydrogen) atoms. The third-order valence-electron chi connectivity index (χ3n) is 10.4. The summed E-state index contributed by atoms with van der Waals surface area (Å²) in [5, 5.41) is 24.6. The van der Waals surface area contributed by atoms with E-state index in [1.165, 1.54) is 89.9 Å². The van der Waals surface area contributed by atoms with Crippen molar-refractivity contribution in [2.45, 2.75) is 205 Å². The molecule has 4 atom stereocenters. The number of quaternary nitrogens is 1.